The summed E-state index contributed by atoms with van der Waals surface area (Å²) in [5.74, 6) is 1.16. The largest absolute Gasteiger partial charge is 0.310 e. The molecule has 3 heteroatoms. The van der Waals surface area contributed by atoms with Gasteiger partial charge >= 0.3 is 0 Å². The fourth-order valence-corrected chi connectivity index (χ4v) is 3.86. The van der Waals surface area contributed by atoms with E-state index in [9.17, 15) is 0 Å². The molecule has 1 aromatic carbocycles. The molecule has 1 aliphatic heterocycles. The molecule has 0 saturated carbocycles. The number of hydrogen-bond donors (Lipinski definition) is 1. The Kier molecular flexibility index (Phi) is 4.83. The zero-order valence-corrected chi connectivity index (χ0v) is 12.5. The average molecular weight is 267 g/mol. The van der Waals surface area contributed by atoms with E-state index >= 15 is 0 Å². The Morgan fingerprint density at radius 2 is 2.29 bits per heavy atom. The maximum Gasteiger partial charge on any atom is 0.0334 e. The second-order valence-corrected chi connectivity index (χ2v) is 6.84. The van der Waals surface area contributed by atoms with Gasteiger partial charge < -0.3 is 5.32 Å². The Morgan fingerprint density at radius 3 is 3.00 bits per heavy atom. The van der Waals surface area contributed by atoms with E-state index in [1.54, 1.807) is 0 Å². The van der Waals surface area contributed by atoms with Crippen LogP contribution < -0.4 is 5.32 Å². The first kappa shape index (κ1) is 13.3. The zero-order valence-electron chi connectivity index (χ0n) is 10.8. The third-order valence-corrected chi connectivity index (χ3v) is 5.23. The number of benzene rings is 1. The van der Waals surface area contributed by atoms with Crippen LogP contribution in [-0.4, -0.2) is 18.1 Å². The summed E-state index contributed by atoms with van der Waals surface area (Å²) < 4.78 is 0. The highest BCUT2D eigenvalue weighted by atomic mass is 32.2. The number of nitrogens with one attached hydrogen (secondary N) is 1. The van der Waals surface area contributed by atoms with E-state index in [0.717, 1.165) is 17.5 Å². The molecule has 0 aromatic heterocycles. The third-order valence-electron chi connectivity index (χ3n) is 3.27. The maximum absolute atomic E-state index is 3.64. The minimum absolute atomic E-state index is 0.534. The summed E-state index contributed by atoms with van der Waals surface area (Å²) in [5, 5.41) is 4.38. The quantitative estimate of drug-likeness (QED) is 0.829. The fourth-order valence-electron chi connectivity index (χ4n) is 2.35. The van der Waals surface area contributed by atoms with Crippen molar-refractivity contribution in [3.63, 3.8) is 0 Å². The number of hydrogen-bond acceptors (Lipinski definition) is 3. The van der Waals surface area contributed by atoms with Crippen LogP contribution >= 0.6 is 23.5 Å². The molecule has 2 rings (SSSR count). The SMILES string of the molecule is CCNC1CC(C)SCc2ccc(SC)cc21. The van der Waals surface area contributed by atoms with Crippen LogP contribution in [0.5, 0.6) is 0 Å². The van der Waals surface area contributed by atoms with Crippen molar-refractivity contribution in [3.05, 3.63) is 29.3 Å². The van der Waals surface area contributed by atoms with Crippen molar-refractivity contribution in [1.29, 1.82) is 0 Å². The molecule has 1 N–H and O–H groups in total. The third kappa shape index (κ3) is 3.21. The molecule has 0 saturated heterocycles. The van der Waals surface area contributed by atoms with E-state index < -0.39 is 0 Å². The summed E-state index contributed by atoms with van der Waals surface area (Å²) in [7, 11) is 0. The lowest BCUT2D eigenvalue weighted by atomic mass is 9.98. The minimum Gasteiger partial charge on any atom is -0.310 e. The van der Waals surface area contributed by atoms with Crippen molar-refractivity contribution < 1.29 is 0 Å². The molecular formula is C14H21NS2. The summed E-state index contributed by atoms with van der Waals surface area (Å²) in [6, 6.07) is 7.48. The fraction of sp³-hybridized carbons (Fsp3) is 0.571. The molecule has 1 nitrogen and oxygen atoms in total. The van der Waals surface area contributed by atoms with E-state index in [4.69, 9.17) is 0 Å². The average Bonchev–Trinajstić information content (AvgIpc) is 2.49. The molecule has 1 aromatic rings. The zero-order chi connectivity index (χ0) is 12.3. The van der Waals surface area contributed by atoms with Gasteiger partial charge in [-0.3, -0.25) is 0 Å². The van der Waals surface area contributed by atoms with Crippen LogP contribution in [0.3, 0.4) is 0 Å². The number of fused-ring (bicyclic) bond motifs is 1. The van der Waals surface area contributed by atoms with Gasteiger partial charge in [0.1, 0.15) is 0 Å². The lowest BCUT2D eigenvalue weighted by Crippen LogP contribution is -2.23. The Hall–Kier alpha value is -0.120. The Morgan fingerprint density at radius 1 is 1.47 bits per heavy atom. The predicted molar refractivity (Wildman–Crippen MR) is 80.0 cm³/mol. The molecule has 94 valence electrons. The van der Waals surface area contributed by atoms with E-state index in [0.29, 0.717) is 6.04 Å². The van der Waals surface area contributed by atoms with Gasteiger partial charge in [0, 0.05) is 21.9 Å². The molecule has 0 radical (unpaired) electrons. The van der Waals surface area contributed by atoms with Gasteiger partial charge in [-0.15, -0.1) is 11.8 Å². The maximum atomic E-state index is 3.64. The molecule has 2 atom stereocenters. The van der Waals surface area contributed by atoms with E-state index in [1.165, 1.54) is 22.4 Å². The van der Waals surface area contributed by atoms with Crippen molar-refractivity contribution >= 4 is 23.5 Å². The summed E-state index contributed by atoms with van der Waals surface area (Å²) in [4.78, 5) is 1.38. The van der Waals surface area contributed by atoms with E-state index in [2.05, 4.69) is 55.4 Å². The van der Waals surface area contributed by atoms with Gasteiger partial charge in [0.15, 0.2) is 0 Å². The van der Waals surface area contributed by atoms with Crippen LogP contribution in [0.4, 0.5) is 0 Å². The highest BCUT2D eigenvalue weighted by Crippen LogP contribution is 2.36. The van der Waals surface area contributed by atoms with Crippen LogP contribution in [0.25, 0.3) is 0 Å². The summed E-state index contributed by atoms with van der Waals surface area (Å²) in [6.07, 6.45) is 3.39. The first-order chi connectivity index (χ1) is 8.24. The second kappa shape index (κ2) is 6.17. The Balaban J connectivity index is 2.34. The van der Waals surface area contributed by atoms with Crippen molar-refractivity contribution in [1.82, 2.24) is 5.32 Å². The monoisotopic (exact) mass is 267 g/mol. The number of thioether (sulfide) groups is 2. The van der Waals surface area contributed by atoms with Crippen molar-refractivity contribution in [2.75, 3.05) is 12.8 Å². The van der Waals surface area contributed by atoms with Gasteiger partial charge in [0.2, 0.25) is 0 Å². The van der Waals surface area contributed by atoms with Gasteiger partial charge in [-0.1, -0.05) is 19.9 Å². The van der Waals surface area contributed by atoms with Crippen molar-refractivity contribution in [2.45, 2.75) is 42.2 Å². The first-order valence-corrected chi connectivity index (χ1v) is 8.53. The van der Waals surface area contributed by atoms with Gasteiger partial charge in [0.05, 0.1) is 0 Å². The molecule has 0 fully saturated rings. The minimum atomic E-state index is 0.534. The van der Waals surface area contributed by atoms with Gasteiger partial charge in [-0.2, -0.15) is 11.8 Å². The van der Waals surface area contributed by atoms with Crippen molar-refractivity contribution in [3.8, 4) is 0 Å². The van der Waals surface area contributed by atoms with Crippen LogP contribution in [0, 0.1) is 0 Å². The van der Waals surface area contributed by atoms with Crippen molar-refractivity contribution in [2.24, 2.45) is 0 Å². The lowest BCUT2D eigenvalue weighted by molar-refractivity contribution is 0.515. The Bertz CT molecular complexity index is 378. The highest BCUT2D eigenvalue weighted by molar-refractivity contribution is 7.99. The normalized spacial score (nSPS) is 24.2. The molecule has 17 heavy (non-hydrogen) atoms. The van der Waals surface area contributed by atoms with Gasteiger partial charge in [0.25, 0.3) is 0 Å². The smallest absolute Gasteiger partial charge is 0.0334 e. The highest BCUT2D eigenvalue weighted by Gasteiger charge is 2.22. The van der Waals surface area contributed by atoms with Gasteiger partial charge in [-0.05, 0) is 42.5 Å². The molecule has 1 aliphatic rings. The molecule has 1 heterocycles. The predicted octanol–water partition coefficient (Wildman–Crippen LogP) is 4.08. The number of rotatable bonds is 3. The summed E-state index contributed by atoms with van der Waals surface area (Å²) in [5.41, 5.74) is 3.04. The molecule has 0 spiro atoms. The summed E-state index contributed by atoms with van der Waals surface area (Å²) in [6.45, 7) is 5.59. The topological polar surface area (TPSA) is 12.0 Å². The Labute approximate surface area is 113 Å². The van der Waals surface area contributed by atoms with Crippen LogP contribution in [-0.2, 0) is 5.75 Å². The second-order valence-electron chi connectivity index (χ2n) is 4.53. The first-order valence-electron chi connectivity index (χ1n) is 6.26. The van der Waals surface area contributed by atoms with Crippen LogP contribution in [0.1, 0.15) is 37.4 Å². The van der Waals surface area contributed by atoms with E-state index in [1.807, 2.05) is 11.8 Å². The van der Waals surface area contributed by atoms with E-state index in [-0.39, 0.29) is 0 Å². The molecule has 0 aliphatic carbocycles. The molecule has 0 bridgehead atoms. The molecular weight excluding hydrogens is 246 g/mol. The summed E-state index contributed by atoms with van der Waals surface area (Å²) >= 11 is 3.91. The van der Waals surface area contributed by atoms with Gasteiger partial charge in [-0.25, -0.2) is 0 Å². The van der Waals surface area contributed by atoms with Crippen LogP contribution in [0.15, 0.2) is 23.1 Å². The lowest BCUT2D eigenvalue weighted by Gasteiger charge is -2.20. The molecule has 0 amide bonds. The standard InChI is InChI=1S/C14H21NS2/c1-4-15-14-7-10(2)17-9-11-5-6-12(16-3)8-13(11)14/h5-6,8,10,14-15H,4,7,9H2,1-3H3. The van der Waals surface area contributed by atoms with Crippen LogP contribution in [0.2, 0.25) is 0 Å². The molecule has 2 unspecified atom stereocenters.